The van der Waals surface area contributed by atoms with E-state index in [1.54, 1.807) is 6.92 Å². The third-order valence-corrected chi connectivity index (χ3v) is 3.85. The van der Waals surface area contributed by atoms with Crippen molar-refractivity contribution in [1.82, 2.24) is 9.88 Å². The molecule has 0 bridgehead atoms. The molecule has 94 valence electrons. The smallest absolute Gasteiger partial charge is 0.266 e. The summed E-state index contributed by atoms with van der Waals surface area (Å²) in [6.07, 6.45) is 0. The lowest BCUT2D eigenvalue weighted by atomic mass is 10.3. The number of aromatic amines is 1. The van der Waals surface area contributed by atoms with Crippen molar-refractivity contribution in [3.8, 4) is 5.75 Å². The fraction of sp³-hybridized carbons (Fsp3) is 0.455. The highest BCUT2D eigenvalue weighted by atomic mass is 32.2. The number of hydrogen-bond acceptors (Lipinski definition) is 4. The first-order chi connectivity index (χ1) is 7.99. The average molecular weight is 272 g/mol. The number of nitrogens with zero attached hydrogens (tertiary/aromatic N) is 1. The van der Waals surface area contributed by atoms with E-state index in [1.807, 2.05) is 18.7 Å². The minimum atomic E-state index is -0.304. The van der Waals surface area contributed by atoms with Gasteiger partial charge in [-0.25, -0.2) is 0 Å². The molecule has 1 aromatic rings. The Labute approximate surface area is 110 Å². The Morgan fingerprint density at radius 3 is 2.59 bits per heavy atom. The van der Waals surface area contributed by atoms with Crippen LogP contribution in [0.5, 0.6) is 5.75 Å². The van der Waals surface area contributed by atoms with E-state index in [4.69, 9.17) is 12.2 Å². The molecular formula is C11H16N2O2S2. The van der Waals surface area contributed by atoms with Gasteiger partial charge in [0.25, 0.3) is 5.56 Å². The molecule has 17 heavy (non-hydrogen) atoms. The van der Waals surface area contributed by atoms with Gasteiger partial charge in [0.15, 0.2) is 0 Å². The Bertz CT molecular complexity index is 467. The van der Waals surface area contributed by atoms with Gasteiger partial charge in [-0.2, -0.15) is 0 Å². The van der Waals surface area contributed by atoms with Gasteiger partial charge < -0.3 is 15.0 Å². The highest BCUT2D eigenvalue weighted by Crippen LogP contribution is 2.26. The van der Waals surface area contributed by atoms with Gasteiger partial charge in [-0.05, 0) is 20.8 Å². The lowest BCUT2D eigenvalue weighted by Crippen LogP contribution is -2.27. The minimum absolute atomic E-state index is 0.0224. The molecular weight excluding hydrogens is 256 g/mol. The van der Waals surface area contributed by atoms with Crippen LogP contribution in [0.3, 0.4) is 0 Å². The fourth-order valence-electron chi connectivity index (χ4n) is 1.39. The molecule has 0 aliphatic heterocycles. The van der Waals surface area contributed by atoms with Gasteiger partial charge in [0.1, 0.15) is 15.0 Å². The van der Waals surface area contributed by atoms with Crippen LogP contribution in [0.25, 0.3) is 0 Å². The summed E-state index contributed by atoms with van der Waals surface area (Å²) in [5.74, 6) is -0.0224. The van der Waals surface area contributed by atoms with Crippen molar-refractivity contribution in [1.29, 1.82) is 0 Å². The monoisotopic (exact) mass is 272 g/mol. The summed E-state index contributed by atoms with van der Waals surface area (Å²) < 4.78 is 0.597. The molecule has 4 nitrogen and oxygen atoms in total. The van der Waals surface area contributed by atoms with Crippen LogP contribution >= 0.6 is 24.0 Å². The molecule has 2 N–H and O–H groups in total. The van der Waals surface area contributed by atoms with E-state index in [1.165, 1.54) is 6.07 Å². The van der Waals surface area contributed by atoms with Crippen LogP contribution in [0.4, 0.5) is 0 Å². The molecule has 1 heterocycles. The highest BCUT2D eigenvalue weighted by molar-refractivity contribution is 8.23. The van der Waals surface area contributed by atoms with Crippen LogP contribution in [-0.4, -0.2) is 32.4 Å². The zero-order valence-corrected chi connectivity index (χ0v) is 11.7. The van der Waals surface area contributed by atoms with Gasteiger partial charge >= 0.3 is 0 Å². The average Bonchev–Trinajstić information content (AvgIpc) is 2.25. The SMILES string of the molecule is CCN(CC)C(=S)Sc1c(O)cc(C)[nH]c1=O. The summed E-state index contributed by atoms with van der Waals surface area (Å²) in [6, 6.07) is 1.52. The van der Waals surface area contributed by atoms with Crippen molar-refractivity contribution < 1.29 is 5.11 Å². The molecule has 0 aliphatic carbocycles. The fourth-order valence-corrected chi connectivity index (χ4v) is 2.77. The third-order valence-electron chi connectivity index (χ3n) is 2.31. The van der Waals surface area contributed by atoms with Gasteiger partial charge in [0.2, 0.25) is 0 Å². The second-order valence-electron chi connectivity index (χ2n) is 3.54. The van der Waals surface area contributed by atoms with Gasteiger partial charge in [-0.3, -0.25) is 4.79 Å². The van der Waals surface area contributed by atoms with Gasteiger partial charge in [0, 0.05) is 24.8 Å². The van der Waals surface area contributed by atoms with E-state index in [9.17, 15) is 9.90 Å². The molecule has 0 radical (unpaired) electrons. The summed E-state index contributed by atoms with van der Waals surface area (Å²) in [7, 11) is 0. The molecule has 0 fully saturated rings. The summed E-state index contributed by atoms with van der Waals surface area (Å²) in [4.78, 5) is 16.5. The zero-order chi connectivity index (χ0) is 13.0. The lowest BCUT2D eigenvalue weighted by Gasteiger charge is -2.20. The standard InChI is InChI=1S/C11H16N2O2S2/c1-4-13(5-2)11(16)17-9-8(14)6-7(3)12-10(9)15/h6H,4-5H2,1-3H3,(H2,12,14,15). The van der Waals surface area contributed by atoms with Crippen LogP contribution in [0.1, 0.15) is 19.5 Å². The normalized spacial score (nSPS) is 10.3. The molecule has 6 heteroatoms. The molecule has 0 unspecified atom stereocenters. The van der Waals surface area contributed by atoms with E-state index in [0.717, 1.165) is 24.9 Å². The van der Waals surface area contributed by atoms with Crippen molar-refractivity contribution >= 4 is 28.3 Å². The first-order valence-corrected chi connectivity index (χ1v) is 6.61. The predicted molar refractivity (Wildman–Crippen MR) is 74.8 cm³/mol. The van der Waals surface area contributed by atoms with Crippen molar-refractivity contribution in [3.63, 3.8) is 0 Å². The number of hydrogen-bond donors (Lipinski definition) is 2. The molecule has 0 atom stereocenters. The van der Waals surface area contributed by atoms with Crippen LogP contribution in [0.2, 0.25) is 0 Å². The van der Waals surface area contributed by atoms with E-state index < -0.39 is 0 Å². The number of aromatic nitrogens is 1. The number of aromatic hydroxyl groups is 1. The van der Waals surface area contributed by atoms with Gasteiger partial charge in [0.05, 0.1) is 0 Å². The quantitative estimate of drug-likeness (QED) is 0.652. The predicted octanol–water partition coefficient (Wildman–Crippen LogP) is 2.11. The van der Waals surface area contributed by atoms with Crippen LogP contribution in [-0.2, 0) is 0 Å². The number of thioether (sulfide) groups is 1. The maximum Gasteiger partial charge on any atom is 0.266 e. The Balaban J connectivity index is 2.96. The largest absolute Gasteiger partial charge is 0.506 e. The summed E-state index contributed by atoms with van der Waals surface area (Å²) >= 11 is 6.36. The second kappa shape index (κ2) is 6.07. The molecule has 0 amide bonds. The summed E-state index contributed by atoms with van der Waals surface area (Å²) in [6.45, 7) is 7.28. The van der Waals surface area contributed by atoms with Crippen LogP contribution in [0, 0.1) is 6.92 Å². The molecule has 1 rings (SSSR count). The Morgan fingerprint density at radius 1 is 1.53 bits per heavy atom. The van der Waals surface area contributed by atoms with Crippen molar-refractivity contribution in [2.24, 2.45) is 0 Å². The molecule has 0 aromatic carbocycles. The van der Waals surface area contributed by atoms with Crippen molar-refractivity contribution in [3.05, 3.63) is 22.1 Å². The zero-order valence-electron chi connectivity index (χ0n) is 10.1. The number of pyridine rings is 1. The van der Waals surface area contributed by atoms with E-state index >= 15 is 0 Å². The Morgan fingerprint density at radius 2 is 2.12 bits per heavy atom. The van der Waals surface area contributed by atoms with E-state index in [-0.39, 0.29) is 16.2 Å². The van der Waals surface area contributed by atoms with Crippen LogP contribution in [0.15, 0.2) is 15.8 Å². The van der Waals surface area contributed by atoms with Gasteiger partial charge in [-0.1, -0.05) is 24.0 Å². The summed E-state index contributed by atoms with van der Waals surface area (Å²) in [5.41, 5.74) is 0.326. The maximum absolute atomic E-state index is 11.7. The highest BCUT2D eigenvalue weighted by Gasteiger charge is 2.14. The van der Waals surface area contributed by atoms with E-state index in [2.05, 4.69) is 4.98 Å². The van der Waals surface area contributed by atoms with Crippen molar-refractivity contribution in [2.45, 2.75) is 25.7 Å². The molecule has 0 saturated carbocycles. The number of aryl methyl sites for hydroxylation is 1. The number of thiocarbonyl (C=S) groups is 1. The van der Waals surface area contributed by atoms with Crippen molar-refractivity contribution in [2.75, 3.05) is 13.1 Å². The number of nitrogens with one attached hydrogen (secondary N) is 1. The first kappa shape index (κ1) is 14.1. The summed E-state index contributed by atoms with van der Waals surface area (Å²) in [5, 5.41) is 9.73. The first-order valence-electron chi connectivity index (χ1n) is 5.39. The maximum atomic E-state index is 11.7. The van der Waals surface area contributed by atoms with Gasteiger partial charge in [-0.15, -0.1) is 0 Å². The Hall–Kier alpha value is -1.01. The molecule has 1 aromatic heterocycles. The lowest BCUT2D eigenvalue weighted by molar-refractivity contribution is 0.458. The van der Waals surface area contributed by atoms with Crippen LogP contribution < -0.4 is 5.56 Å². The molecule has 0 spiro atoms. The Kier molecular flexibility index (Phi) is 5.02. The molecule has 0 saturated heterocycles. The second-order valence-corrected chi connectivity index (χ2v) is 5.18. The third kappa shape index (κ3) is 3.47. The topological polar surface area (TPSA) is 56.3 Å². The minimum Gasteiger partial charge on any atom is -0.506 e. The number of H-pyrrole nitrogens is 1. The molecule has 0 aliphatic rings. The van der Waals surface area contributed by atoms with E-state index in [0.29, 0.717) is 10.0 Å². The number of rotatable bonds is 3.